The van der Waals surface area contributed by atoms with Gasteiger partial charge in [0.15, 0.2) is 0 Å². The average Bonchev–Trinajstić information content (AvgIpc) is 2.29. The highest BCUT2D eigenvalue weighted by Crippen LogP contribution is 2.20. The average molecular weight is 222 g/mol. The molecule has 0 spiro atoms. The van der Waals surface area contributed by atoms with Crippen LogP contribution in [0.25, 0.3) is 0 Å². The lowest BCUT2D eigenvalue weighted by Gasteiger charge is -2.09. The quantitative estimate of drug-likeness (QED) is 0.348. The Hall–Kier alpha value is -1.71. The van der Waals surface area contributed by atoms with Crippen LogP contribution in [0.5, 0.6) is 5.75 Å². The number of hydrogen-bond acceptors (Lipinski definition) is 3. The molecule has 0 saturated heterocycles. The van der Waals surface area contributed by atoms with Gasteiger partial charge in [-0.25, -0.2) is 0 Å². The lowest BCUT2D eigenvalue weighted by molar-refractivity contribution is 0.305. The Morgan fingerprint density at radius 3 is 2.88 bits per heavy atom. The van der Waals surface area contributed by atoms with Crippen molar-refractivity contribution >= 4 is 5.84 Å². The van der Waals surface area contributed by atoms with E-state index in [0.717, 1.165) is 5.75 Å². The molecule has 0 bridgehead atoms. The van der Waals surface area contributed by atoms with E-state index in [4.69, 9.17) is 15.7 Å². The van der Waals surface area contributed by atoms with Crippen molar-refractivity contribution < 1.29 is 9.94 Å². The van der Waals surface area contributed by atoms with Gasteiger partial charge >= 0.3 is 0 Å². The van der Waals surface area contributed by atoms with Crippen molar-refractivity contribution in [3.8, 4) is 5.75 Å². The molecule has 1 rings (SSSR count). The number of oxime groups is 1. The minimum absolute atomic E-state index is 0.181. The van der Waals surface area contributed by atoms with Gasteiger partial charge in [0.2, 0.25) is 0 Å². The Morgan fingerprint density at radius 2 is 2.25 bits per heavy atom. The van der Waals surface area contributed by atoms with Crippen LogP contribution in [-0.2, 0) is 0 Å². The molecule has 4 nitrogen and oxygen atoms in total. The lowest BCUT2D eigenvalue weighted by atomic mass is 10.0. The molecule has 0 atom stereocenters. The molecule has 0 fully saturated rings. The predicted octanol–water partition coefficient (Wildman–Crippen LogP) is 2.33. The monoisotopic (exact) mass is 222 g/mol. The molecule has 1 aromatic carbocycles. The summed E-state index contributed by atoms with van der Waals surface area (Å²) in [6.45, 7) is 4.68. The normalized spacial score (nSPS) is 11.8. The van der Waals surface area contributed by atoms with Crippen molar-refractivity contribution in [2.45, 2.75) is 26.2 Å². The van der Waals surface area contributed by atoms with Gasteiger partial charge in [0.1, 0.15) is 11.6 Å². The summed E-state index contributed by atoms with van der Waals surface area (Å²) in [4.78, 5) is 0. The molecule has 0 heterocycles. The van der Waals surface area contributed by atoms with Crippen LogP contribution < -0.4 is 10.5 Å². The van der Waals surface area contributed by atoms with Gasteiger partial charge in [0.05, 0.1) is 6.61 Å². The summed E-state index contributed by atoms with van der Waals surface area (Å²) in [6.07, 6.45) is 0.419. The molecule has 0 unspecified atom stereocenters. The van der Waals surface area contributed by atoms with Gasteiger partial charge in [-0.05, 0) is 23.6 Å². The van der Waals surface area contributed by atoms with Gasteiger partial charge in [-0.1, -0.05) is 31.1 Å². The Kier molecular flexibility index (Phi) is 4.64. The second-order valence-electron chi connectivity index (χ2n) is 3.92. The first-order valence-corrected chi connectivity index (χ1v) is 5.32. The summed E-state index contributed by atoms with van der Waals surface area (Å²) in [7, 11) is 0. The second-order valence-corrected chi connectivity index (χ2v) is 3.92. The highest BCUT2D eigenvalue weighted by atomic mass is 16.5. The topological polar surface area (TPSA) is 67.8 Å². The van der Waals surface area contributed by atoms with E-state index in [1.807, 2.05) is 18.2 Å². The number of rotatable bonds is 5. The fourth-order valence-corrected chi connectivity index (χ4v) is 1.29. The first-order chi connectivity index (χ1) is 7.63. The van der Waals surface area contributed by atoms with Crippen LogP contribution in [0.1, 0.15) is 31.7 Å². The Morgan fingerprint density at radius 1 is 1.50 bits per heavy atom. The molecule has 0 saturated carbocycles. The largest absolute Gasteiger partial charge is 0.493 e. The summed E-state index contributed by atoms with van der Waals surface area (Å²) >= 11 is 0. The third-order valence-corrected chi connectivity index (χ3v) is 2.28. The van der Waals surface area contributed by atoms with E-state index in [-0.39, 0.29) is 5.84 Å². The molecule has 0 radical (unpaired) electrons. The summed E-state index contributed by atoms with van der Waals surface area (Å²) in [5, 5.41) is 11.2. The van der Waals surface area contributed by atoms with Gasteiger partial charge in [-0.15, -0.1) is 0 Å². The molecule has 0 aliphatic carbocycles. The smallest absolute Gasteiger partial charge is 0.142 e. The van der Waals surface area contributed by atoms with Gasteiger partial charge in [-0.2, -0.15) is 0 Å². The maximum absolute atomic E-state index is 8.36. The van der Waals surface area contributed by atoms with Crippen LogP contribution in [-0.4, -0.2) is 17.6 Å². The van der Waals surface area contributed by atoms with Crippen molar-refractivity contribution in [3.05, 3.63) is 29.8 Å². The zero-order chi connectivity index (χ0) is 12.0. The highest BCUT2D eigenvalue weighted by molar-refractivity contribution is 5.79. The highest BCUT2D eigenvalue weighted by Gasteiger charge is 2.01. The molecule has 0 aliphatic heterocycles. The van der Waals surface area contributed by atoms with Crippen LogP contribution in [0.2, 0.25) is 0 Å². The van der Waals surface area contributed by atoms with Gasteiger partial charge in [0.25, 0.3) is 0 Å². The minimum atomic E-state index is 0.181. The number of hydrogen-bond donors (Lipinski definition) is 2. The first-order valence-electron chi connectivity index (χ1n) is 5.32. The molecule has 0 amide bonds. The third-order valence-electron chi connectivity index (χ3n) is 2.28. The Labute approximate surface area is 95.7 Å². The predicted molar refractivity (Wildman–Crippen MR) is 64.1 cm³/mol. The summed E-state index contributed by atoms with van der Waals surface area (Å²) < 4.78 is 5.50. The van der Waals surface area contributed by atoms with Gasteiger partial charge < -0.3 is 15.7 Å². The Bertz CT molecular complexity index is 362. The molecular weight excluding hydrogens is 204 g/mol. The van der Waals surface area contributed by atoms with Crippen LogP contribution in [0.3, 0.4) is 0 Å². The molecule has 0 aromatic heterocycles. The van der Waals surface area contributed by atoms with Gasteiger partial charge in [0, 0.05) is 6.42 Å². The van der Waals surface area contributed by atoms with E-state index in [9.17, 15) is 0 Å². The fraction of sp³-hybridized carbons (Fsp3) is 0.417. The van der Waals surface area contributed by atoms with Crippen molar-refractivity contribution in [1.29, 1.82) is 0 Å². The molecule has 4 heteroatoms. The van der Waals surface area contributed by atoms with Crippen LogP contribution in [0.4, 0.5) is 0 Å². The maximum atomic E-state index is 8.36. The zero-order valence-electron chi connectivity index (χ0n) is 9.68. The maximum Gasteiger partial charge on any atom is 0.142 e. The number of nitrogens with zero attached hydrogens (tertiary/aromatic N) is 1. The number of benzene rings is 1. The van der Waals surface area contributed by atoms with Crippen LogP contribution >= 0.6 is 0 Å². The fourth-order valence-electron chi connectivity index (χ4n) is 1.29. The van der Waals surface area contributed by atoms with Crippen LogP contribution in [0.15, 0.2) is 29.4 Å². The van der Waals surface area contributed by atoms with Crippen molar-refractivity contribution in [2.75, 3.05) is 6.61 Å². The summed E-state index contributed by atoms with van der Waals surface area (Å²) in [5.74, 6) is 1.48. The van der Waals surface area contributed by atoms with E-state index in [0.29, 0.717) is 18.9 Å². The van der Waals surface area contributed by atoms with E-state index < -0.39 is 0 Å². The van der Waals surface area contributed by atoms with E-state index >= 15 is 0 Å². The second kappa shape index (κ2) is 6.00. The molecular formula is C12H18N2O2. The van der Waals surface area contributed by atoms with E-state index in [1.165, 1.54) is 5.56 Å². The molecule has 88 valence electrons. The number of amidine groups is 1. The number of ether oxygens (including phenoxy) is 1. The van der Waals surface area contributed by atoms with Crippen molar-refractivity contribution in [2.24, 2.45) is 10.9 Å². The van der Waals surface area contributed by atoms with Gasteiger partial charge in [-0.3, -0.25) is 0 Å². The first kappa shape index (κ1) is 12.4. The molecule has 16 heavy (non-hydrogen) atoms. The SMILES string of the molecule is CC(C)c1cccc(OCC/C(N)=N/O)c1. The van der Waals surface area contributed by atoms with Crippen molar-refractivity contribution in [3.63, 3.8) is 0 Å². The molecule has 0 aliphatic rings. The van der Waals surface area contributed by atoms with E-state index in [2.05, 4.69) is 25.1 Å². The molecule has 1 aromatic rings. The number of nitrogens with two attached hydrogens (primary N) is 1. The van der Waals surface area contributed by atoms with Crippen molar-refractivity contribution in [1.82, 2.24) is 0 Å². The lowest BCUT2D eigenvalue weighted by Crippen LogP contribution is -2.15. The van der Waals surface area contributed by atoms with E-state index in [1.54, 1.807) is 0 Å². The third kappa shape index (κ3) is 3.81. The standard InChI is InChI=1S/C12H18N2O2/c1-9(2)10-4-3-5-11(8-10)16-7-6-12(13)14-15/h3-5,8-9,15H,6-7H2,1-2H3,(H2,13,14). The summed E-state index contributed by atoms with van der Waals surface area (Å²) in [5.41, 5.74) is 6.57. The Balaban J connectivity index is 2.51. The van der Waals surface area contributed by atoms with Crippen LogP contribution in [0, 0.1) is 0 Å². The molecule has 3 N–H and O–H groups in total. The minimum Gasteiger partial charge on any atom is -0.493 e. The summed E-state index contributed by atoms with van der Waals surface area (Å²) in [6, 6.07) is 7.95. The zero-order valence-corrected chi connectivity index (χ0v) is 9.68.